The third-order valence-corrected chi connectivity index (χ3v) is 7.40. The second-order valence-electron chi connectivity index (χ2n) is 8.13. The molecule has 0 bridgehead atoms. The number of carbonyl (C=O) groups excluding carboxylic acids is 1. The predicted molar refractivity (Wildman–Crippen MR) is 114 cm³/mol. The van der Waals surface area contributed by atoms with Gasteiger partial charge in [-0.25, -0.2) is 12.8 Å². The van der Waals surface area contributed by atoms with Gasteiger partial charge >= 0.3 is 6.18 Å². The van der Waals surface area contributed by atoms with Crippen molar-refractivity contribution >= 4 is 26.8 Å². The van der Waals surface area contributed by atoms with Gasteiger partial charge in [0.2, 0.25) is 10.0 Å². The van der Waals surface area contributed by atoms with E-state index in [1.165, 1.54) is 12.1 Å². The number of hydrogen-bond acceptors (Lipinski definition) is 5. The normalized spacial score (nSPS) is 15.9. The average molecular weight is 500 g/mol. The number of nitrogens with one attached hydrogen (secondary N) is 1. The maximum Gasteiger partial charge on any atom is 0.404 e. The highest BCUT2D eigenvalue weighted by atomic mass is 32.2. The van der Waals surface area contributed by atoms with Crippen molar-refractivity contribution in [1.82, 2.24) is 14.3 Å². The maximum absolute atomic E-state index is 14.1. The van der Waals surface area contributed by atoms with Crippen LogP contribution >= 0.6 is 0 Å². The minimum atomic E-state index is -4.78. The van der Waals surface area contributed by atoms with Crippen LogP contribution in [0.15, 0.2) is 35.4 Å². The highest BCUT2D eigenvalue weighted by molar-refractivity contribution is 7.89. The highest BCUT2D eigenvalue weighted by Crippen LogP contribution is 2.43. The van der Waals surface area contributed by atoms with E-state index in [4.69, 9.17) is 5.73 Å². The van der Waals surface area contributed by atoms with Crippen LogP contribution < -0.4 is 10.5 Å². The van der Waals surface area contributed by atoms with Crippen LogP contribution in [0.1, 0.15) is 42.6 Å². The van der Waals surface area contributed by atoms with Gasteiger partial charge < -0.3 is 15.4 Å². The lowest BCUT2D eigenvalue weighted by molar-refractivity contribution is -0.147. The van der Waals surface area contributed by atoms with E-state index >= 15 is 0 Å². The molecule has 1 aliphatic rings. The number of hydrogen-bond donors (Lipinski definition) is 3. The van der Waals surface area contributed by atoms with Crippen molar-refractivity contribution in [2.75, 3.05) is 0 Å². The van der Waals surface area contributed by atoms with E-state index in [2.05, 4.69) is 4.98 Å². The number of sulfonamides is 1. The van der Waals surface area contributed by atoms with E-state index in [9.17, 15) is 35.9 Å². The quantitative estimate of drug-likeness (QED) is 0.446. The van der Waals surface area contributed by atoms with Crippen molar-refractivity contribution < 1.29 is 35.9 Å². The lowest BCUT2D eigenvalue weighted by Crippen LogP contribution is -2.42. The standard InChI is InChI=1S/C21H20F4N4O4S/c1-10(21(23,24)25)28-34(32,33)12-5-6-15(27-9-12)19-18(20(26)31)13-7-14(22)17(30)8-16(13)29(19)11-3-2-4-11/h5-11,28,30H,2-4H2,1H3,(H2,26,31)/t10-/m0/s1. The van der Waals surface area contributed by atoms with Crippen molar-refractivity contribution in [2.24, 2.45) is 5.73 Å². The number of nitrogens with zero attached hydrogens (tertiary/aromatic N) is 2. The Kier molecular flexibility index (Phi) is 5.80. The first-order chi connectivity index (χ1) is 15.8. The topological polar surface area (TPSA) is 127 Å². The summed E-state index contributed by atoms with van der Waals surface area (Å²) < 4.78 is 80.4. The number of carbonyl (C=O) groups is 1. The van der Waals surface area contributed by atoms with Gasteiger partial charge in [-0.05, 0) is 44.4 Å². The van der Waals surface area contributed by atoms with Crippen molar-refractivity contribution in [2.45, 2.75) is 49.3 Å². The van der Waals surface area contributed by atoms with Gasteiger partial charge in [0.25, 0.3) is 5.91 Å². The Bertz CT molecular complexity index is 1380. The number of primary amides is 1. The van der Waals surface area contributed by atoms with Crippen LogP contribution in [0.3, 0.4) is 0 Å². The lowest BCUT2D eigenvalue weighted by Gasteiger charge is -2.30. The molecule has 0 aliphatic heterocycles. The molecule has 1 saturated carbocycles. The molecule has 2 aromatic heterocycles. The van der Waals surface area contributed by atoms with E-state index in [0.717, 1.165) is 37.6 Å². The zero-order valence-corrected chi connectivity index (χ0v) is 18.5. The van der Waals surface area contributed by atoms with E-state index < -0.39 is 44.6 Å². The van der Waals surface area contributed by atoms with E-state index in [0.29, 0.717) is 12.4 Å². The monoisotopic (exact) mass is 500 g/mol. The fourth-order valence-electron chi connectivity index (χ4n) is 3.89. The number of halogens is 4. The number of alkyl halides is 3. The van der Waals surface area contributed by atoms with Gasteiger partial charge in [0, 0.05) is 23.7 Å². The second-order valence-corrected chi connectivity index (χ2v) is 9.84. The number of aromatic hydroxyl groups is 1. The molecule has 1 fully saturated rings. The summed E-state index contributed by atoms with van der Waals surface area (Å²) >= 11 is 0. The summed E-state index contributed by atoms with van der Waals surface area (Å²) in [5, 5.41) is 10.1. The van der Waals surface area contributed by atoms with Gasteiger partial charge in [-0.15, -0.1) is 0 Å². The summed E-state index contributed by atoms with van der Waals surface area (Å²) in [7, 11) is -4.54. The molecule has 1 aromatic carbocycles. The minimum absolute atomic E-state index is 0.0623. The molecule has 1 amide bonds. The Morgan fingerprint density at radius 1 is 1.29 bits per heavy atom. The molecule has 1 aliphatic carbocycles. The molecule has 0 saturated heterocycles. The fraction of sp³-hybridized carbons (Fsp3) is 0.333. The molecule has 0 unspecified atom stereocenters. The van der Waals surface area contributed by atoms with Gasteiger partial charge in [0.05, 0.1) is 22.5 Å². The Hall–Kier alpha value is -3.19. The molecule has 3 aromatic rings. The van der Waals surface area contributed by atoms with Gasteiger partial charge in [-0.3, -0.25) is 9.78 Å². The molecule has 4 rings (SSSR count). The molecule has 182 valence electrons. The number of aromatic nitrogens is 2. The number of phenolic OH excluding ortho intramolecular Hbond substituents is 1. The van der Waals surface area contributed by atoms with Gasteiger partial charge in [-0.2, -0.15) is 17.9 Å². The number of phenols is 1. The summed E-state index contributed by atoms with van der Waals surface area (Å²) in [4.78, 5) is 15.9. The smallest absolute Gasteiger partial charge is 0.404 e. The van der Waals surface area contributed by atoms with Crippen LogP contribution in [0.2, 0.25) is 0 Å². The van der Waals surface area contributed by atoms with Crippen LogP contribution in [-0.4, -0.2) is 41.2 Å². The van der Waals surface area contributed by atoms with E-state index in [-0.39, 0.29) is 28.4 Å². The lowest BCUT2D eigenvalue weighted by atomic mass is 9.92. The summed E-state index contributed by atoms with van der Waals surface area (Å²) in [6, 6.07) is 2.04. The van der Waals surface area contributed by atoms with Crippen LogP contribution in [-0.2, 0) is 10.0 Å². The summed E-state index contributed by atoms with van der Waals surface area (Å²) in [6.07, 6.45) is -1.54. The Labute approximate surface area is 191 Å². The first-order valence-corrected chi connectivity index (χ1v) is 11.7. The molecule has 8 nitrogen and oxygen atoms in total. The van der Waals surface area contributed by atoms with Crippen molar-refractivity contribution in [3.63, 3.8) is 0 Å². The summed E-state index contributed by atoms with van der Waals surface area (Å²) in [5.74, 6) is -2.46. The highest BCUT2D eigenvalue weighted by Gasteiger charge is 2.39. The molecule has 0 radical (unpaired) electrons. The van der Waals surface area contributed by atoms with Crippen molar-refractivity contribution in [3.05, 3.63) is 41.8 Å². The zero-order valence-electron chi connectivity index (χ0n) is 17.7. The molecular formula is C21H20F4N4O4S. The fourth-order valence-corrected chi connectivity index (χ4v) is 5.06. The predicted octanol–water partition coefficient (Wildman–Crippen LogP) is 3.60. The van der Waals surface area contributed by atoms with Crippen LogP contribution in [0.25, 0.3) is 22.3 Å². The number of pyridine rings is 1. The first kappa shape index (κ1) is 24.0. The number of fused-ring (bicyclic) bond motifs is 1. The average Bonchev–Trinajstić information content (AvgIpc) is 3.00. The van der Waals surface area contributed by atoms with Crippen molar-refractivity contribution in [3.8, 4) is 17.1 Å². The summed E-state index contributed by atoms with van der Waals surface area (Å²) in [5.41, 5.74) is 6.20. The molecule has 34 heavy (non-hydrogen) atoms. The van der Waals surface area contributed by atoms with Gasteiger partial charge in [0.15, 0.2) is 11.6 Å². The molecule has 0 spiro atoms. The SMILES string of the molecule is C[C@H](NS(=O)(=O)c1ccc(-c2c(C(N)=O)c3cc(F)c(O)cc3n2C2CCC2)nc1)C(F)(F)F. The van der Waals surface area contributed by atoms with Crippen molar-refractivity contribution in [1.29, 1.82) is 0 Å². The zero-order chi connectivity index (χ0) is 25.0. The number of benzene rings is 1. The molecule has 2 heterocycles. The first-order valence-electron chi connectivity index (χ1n) is 10.2. The van der Waals surface area contributed by atoms with Gasteiger partial charge in [0.1, 0.15) is 10.9 Å². The number of amides is 1. The second kappa shape index (κ2) is 8.24. The number of nitrogens with two attached hydrogens (primary N) is 1. The maximum atomic E-state index is 14.1. The Morgan fingerprint density at radius 3 is 2.47 bits per heavy atom. The van der Waals surface area contributed by atoms with Crippen LogP contribution in [0.5, 0.6) is 5.75 Å². The Balaban J connectivity index is 1.86. The molecule has 1 atom stereocenters. The number of rotatable bonds is 6. The van der Waals surface area contributed by atoms with Crippen LogP contribution in [0, 0.1) is 5.82 Å². The molecular weight excluding hydrogens is 480 g/mol. The van der Waals surface area contributed by atoms with E-state index in [1.54, 1.807) is 9.29 Å². The largest absolute Gasteiger partial charge is 0.505 e. The summed E-state index contributed by atoms with van der Waals surface area (Å²) in [6.45, 7) is 0.671. The van der Waals surface area contributed by atoms with E-state index in [1.807, 2.05) is 0 Å². The minimum Gasteiger partial charge on any atom is -0.505 e. The van der Waals surface area contributed by atoms with Gasteiger partial charge in [-0.1, -0.05) is 0 Å². The Morgan fingerprint density at radius 2 is 1.97 bits per heavy atom. The third kappa shape index (κ3) is 4.09. The third-order valence-electron chi connectivity index (χ3n) is 5.87. The van der Waals surface area contributed by atoms with Crippen LogP contribution in [0.4, 0.5) is 17.6 Å². The molecule has 13 heteroatoms. The molecule has 4 N–H and O–H groups in total.